The van der Waals surface area contributed by atoms with Gasteiger partial charge in [-0.25, -0.2) is 4.98 Å². The lowest BCUT2D eigenvalue weighted by Crippen LogP contribution is -2.34. The van der Waals surface area contributed by atoms with E-state index >= 15 is 0 Å². The number of anilines is 3. The van der Waals surface area contributed by atoms with Gasteiger partial charge >= 0.3 is 0 Å². The van der Waals surface area contributed by atoms with Crippen LogP contribution in [0.4, 0.5) is 17.2 Å². The predicted octanol–water partition coefficient (Wildman–Crippen LogP) is 4.49. The van der Waals surface area contributed by atoms with Crippen molar-refractivity contribution < 1.29 is 4.79 Å². The van der Waals surface area contributed by atoms with Crippen molar-refractivity contribution >= 4 is 34.0 Å². The van der Waals surface area contributed by atoms with Crippen molar-refractivity contribution in [1.29, 1.82) is 0 Å². The maximum Gasteiger partial charge on any atom is 0.270 e. The number of benzene rings is 1. The highest BCUT2D eigenvalue weighted by molar-refractivity contribution is 5.95. The second-order valence-corrected chi connectivity index (χ2v) is 7.82. The summed E-state index contributed by atoms with van der Waals surface area (Å²) in [6.45, 7) is 0. The molecule has 5 rings (SSSR count). The van der Waals surface area contributed by atoms with Gasteiger partial charge < -0.3 is 16.4 Å². The predicted molar refractivity (Wildman–Crippen MR) is 120 cm³/mol. The van der Waals surface area contributed by atoms with Gasteiger partial charge in [-0.1, -0.05) is 23.8 Å². The summed E-state index contributed by atoms with van der Waals surface area (Å²) in [7, 11) is 0. The van der Waals surface area contributed by atoms with Crippen molar-refractivity contribution in [3.63, 3.8) is 0 Å². The zero-order chi connectivity index (χ0) is 20.5. The Labute approximate surface area is 174 Å². The molecule has 6 heteroatoms. The number of nitrogens with two attached hydrogens (primary N) is 1. The zero-order valence-corrected chi connectivity index (χ0v) is 16.6. The summed E-state index contributed by atoms with van der Waals surface area (Å²) in [4.78, 5) is 21.8. The van der Waals surface area contributed by atoms with E-state index in [1.165, 1.54) is 11.1 Å². The van der Waals surface area contributed by atoms with Crippen LogP contribution in [0.25, 0.3) is 10.9 Å². The molecule has 3 aromatic rings. The Morgan fingerprint density at radius 3 is 2.97 bits per heavy atom. The molecule has 1 unspecified atom stereocenters. The van der Waals surface area contributed by atoms with Crippen LogP contribution in [0.5, 0.6) is 0 Å². The molecule has 0 bridgehead atoms. The van der Waals surface area contributed by atoms with Gasteiger partial charge in [-0.2, -0.15) is 0 Å². The van der Waals surface area contributed by atoms with E-state index in [2.05, 4.69) is 32.8 Å². The van der Waals surface area contributed by atoms with Gasteiger partial charge in [0.15, 0.2) is 0 Å². The quantitative estimate of drug-likeness (QED) is 0.603. The summed E-state index contributed by atoms with van der Waals surface area (Å²) >= 11 is 0. The van der Waals surface area contributed by atoms with Crippen molar-refractivity contribution in [3.05, 3.63) is 77.7 Å². The third-order valence-electron chi connectivity index (χ3n) is 5.67. The molecule has 2 heterocycles. The van der Waals surface area contributed by atoms with E-state index in [4.69, 9.17) is 5.73 Å². The fraction of sp³-hybridized carbons (Fsp3) is 0.208. The van der Waals surface area contributed by atoms with Crippen LogP contribution in [0.2, 0.25) is 0 Å². The van der Waals surface area contributed by atoms with E-state index in [-0.39, 0.29) is 11.9 Å². The molecule has 2 aliphatic carbocycles. The van der Waals surface area contributed by atoms with Gasteiger partial charge in [0, 0.05) is 35.1 Å². The minimum absolute atomic E-state index is 0.119. The summed E-state index contributed by atoms with van der Waals surface area (Å²) in [6.07, 6.45) is 10.2. The van der Waals surface area contributed by atoms with Gasteiger partial charge in [0.2, 0.25) is 0 Å². The molecule has 0 radical (unpaired) electrons. The molecule has 0 saturated heterocycles. The van der Waals surface area contributed by atoms with E-state index in [0.717, 1.165) is 42.3 Å². The number of nitrogen functional groups attached to an aromatic ring is 1. The number of amides is 1. The van der Waals surface area contributed by atoms with Crippen LogP contribution in [0.1, 0.15) is 36.2 Å². The maximum atomic E-state index is 12.9. The third-order valence-corrected chi connectivity index (χ3v) is 5.67. The van der Waals surface area contributed by atoms with Crippen LogP contribution in [0.15, 0.2) is 72.0 Å². The Kier molecular flexibility index (Phi) is 4.67. The van der Waals surface area contributed by atoms with Crippen LogP contribution in [0, 0.1) is 0 Å². The molecule has 1 amide bonds. The Bertz CT molecular complexity index is 1190. The number of pyridine rings is 2. The van der Waals surface area contributed by atoms with Gasteiger partial charge in [-0.05, 0) is 61.6 Å². The molecular formula is C24H23N5O. The summed E-state index contributed by atoms with van der Waals surface area (Å²) in [5.74, 6) is 0.335. The molecule has 0 saturated carbocycles. The van der Waals surface area contributed by atoms with Crippen LogP contribution < -0.4 is 16.4 Å². The molecule has 0 spiro atoms. The minimum Gasteiger partial charge on any atom is -0.399 e. The Morgan fingerprint density at radius 2 is 2.07 bits per heavy atom. The number of carbonyl (C=O) groups is 1. The molecule has 6 nitrogen and oxygen atoms in total. The molecule has 1 aromatic carbocycles. The average Bonchev–Trinajstić information content (AvgIpc) is 3.16. The number of rotatable bonds is 4. The average molecular weight is 397 g/mol. The number of allylic oxidation sites excluding steroid dienone is 2. The lowest BCUT2D eigenvalue weighted by Gasteiger charge is -2.14. The van der Waals surface area contributed by atoms with Crippen molar-refractivity contribution in [1.82, 2.24) is 15.3 Å². The lowest BCUT2D eigenvalue weighted by atomic mass is 10.0. The lowest BCUT2D eigenvalue weighted by molar-refractivity contribution is 0.0933. The van der Waals surface area contributed by atoms with Gasteiger partial charge in [-0.15, -0.1) is 0 Å². The molecule has 2 aliphatic rings. The van der Waals surface area contributed by atoms with Crippen LogP contribution >= 0.6 is 0 Å². The number of hydrogen-bond acceptors (Lipinski definition) is 5. The highest BCUT2D eigenvalue weighted by atomic mass is 16.1. The van der Waals surface area contributed by atoms with Gasteiger partial charge in [0.25, 0.3) is 5.91 Å². The number of aromatic nitrogens is 2. The summed E-state index contributed by atoms with van der Waals surface area (Å²) in [5.41, 5.74) is 11.5. The van der Waals surface area contributed by atoms with E-state index in [9.17, 15) is 4.79 Å². The Hall–Kier alpha value is -3.67. The molecule has 4 N–H and O–H groups in total. The van der Waals surface area contributed by atoms with Crippen molar-refractivity contribution in [2.24, 2.45) is 0 Å². The van der Waals surface area contributed by atoms with E-state index in [0.29, 0.717) is 17.2 Å². The van der Waals surface area contributed by atoms with E-state index in [1.54, 1.807) is 18.3 Å². The number of nitrogens with zero attached hydrogens (tertiary/aromatic N) is 2. The van der Waals surface area contributed by atoms with Crippen molar-refractivity contribution in [2.75, 3.05) is 11.1 Å². The number of nitrogens with one attached hydrogen (secondary N) is 2. The normalized spacial score (nSPS) is 17.8. The fourth-order valence-electron chi connectivity index (χ4n) is 4.29. The van der Waals surface area contributed by atoms with Gasteiger partial charge in [0.1, 0.15) is 11.5 Å². The number of carbonyl (C=O) groups excluding carboxylic acids is 1. The molecule has 0 fully saturated rings. The first-order valence-electron chi connectivity index (χ1n) is 10.2. The topological polar surface area (TPSA) is 92.9 Å². The second-order valence-electron chi connectivity index (χ2n) is 7.82. The molecular weight excluding hydrogens is 374 g/mol. The molecule has 1 atom stereocenters. The first-order chi connectivity index (χ1) is 14.7. The third kappa shape index (κ3) is 3.64. The van der Waals surface area contributed by atoms with E-state index < -0.39 is 0 Å². The summed E-state index contributed by atoms with van der Waals surface area (Å²) in [5, 5.41) is 7.40. The van der Waals surface area contributed by atoms with Gasteiger partial charge in [-0.3, -0.25) is 9.78 Å². The fourth-order valence-corrected chi connectivity index (χ4v) is 4.29. The summed E-state index contributed by atoms with van der Waals surface area (Å²) in [6, 6.07) is 13.2. The van der Waals surface area contributed by atoms with Crippen LogP contribution in [0.3, 0.4) is 0 Å². The monoisotopic (exact) mass is 397 g/mol. The molecule has 30 heavy (non-hydrogen) atoms. The maximum absolute atomic E-state index is 12.9. The first kappa shape index (κ1) is 18.4. The van der Waals surface area contributed by atoms with Gasteiger partial charge in [0.05, 0.1) is 5.52 Å². The standard InChI is InChI=1S/C24H23N5O/c25-17-13-22(24(30)27-18-11-15-5-1-2-6-16(15)12-18)29-23(14-17)28-21-9-3-8-20-19(21)7-4-10-26-20/h1,3-5,7-10,13-14,18H,2,6,11-12H2,(H,27,30)(H3,25,28,29). The van der Waals surface area contributed by atoms with Crippen molar-refractivity contribution in [3.8, 4) is 0 Å². The smallest absolute Gasteiger partial charge is 0.270 e. The largest absolute Gasteiger partial charge is 0.399 e. The SMILES string of the molecule is Nc1cc(Nc2cccc3ncccc23)nc(C(=O)NC2CC3=C(CCC=C3)C2)c1. The van der Waals surface area contributed by atoms with Crippen LogP contribution in [-0.2, 0) is 0 Å². The second kappa shape index (κ2) is 7.63. The van der Waals surface area contributed by atoms with Crippen LogP contribution in [-0.4, -0.2) is 21.9 Å². The highest BCUT2D eigenvalue weighted by Crippen LogP contribution is 2.33. The Morgan fingerprint density at radius 1 is 1.13 bits per heavy atom. The number of hydrogen-bond donors (Lipinski definition) is 3. The summed E-state index contributed by atoms with van der Waals surface area (Å²) < 4.78 is 0. The molecule has 0 aliphatic heterocycles. The van der Waals surface area contributed by atoms with Crippen molar-refractivity contribution in [2.45, 2.75) is 31.7 Å². The first-order valence-corrected chi connectivity index (χ1v) is 10.2. The number of fused-ring (bicyclic) bond motifs is 1. The molecule has 150 valence electrons. The van der Waals surface area contributed by atoms with E-state index in [1.807, 2.05) is 30.3 Å². The Balaban J connectivity index is 1.34. The highest BCUT2D eigenvalue weighted by Gasteiger charge is 2.26. The minimum atomic E-state index is -0.196. The zero-order valence-electron chi connectivity index (χ0n) is 16.6. The molecule has 2 aromatic heterocycles.